The van der Waals surface area contributed by atoms with E-state index in [-0.39, 0.29) is 5.91 Å². The fraction of sp³-hybridized carbons (Fsp3) is 0. The van der Waals surface area contributed by atoms with Gasteiger partial charge in [-0.15, -0.1) is 0 Å². The lowest BCUT2D eigenvalue weighted by molar-refractivity contribution is -0.115. The molecule has 1 N–H and O–H groups in total. The molecule has 2 aromatic carbocycles. The van der Waals surface area contributed by atoms with Crippen molar-refractivity contribution in [3.8, 4) is 5.75 Å². The molecule has 23 heavy (non-hydrogen) atoms. The minimum absolute atomic E-state index is 0.216. The number of rotatable bonds is 3. The Kier molecular flexibility index (Phi) is 4.55. The average Bonchev–Trinajstić information content (AvgIpc) is 2.86. The number of esters is 1. The molecule has 1 aliphatic rings. The molecule has 0 aromatic heterocycles. The highest BCUT2D eigenvalue weighted by atomic mass is 32.2. The smallest absolute Gasteiger partial charge is 0.343 e. The standard InChI is InChI=1S/C17H11NO3S2/c19-15-14(23-17(22)18-15)10-11-5-4-8-13(9-11)21-16(20)12-6-2-1-3-7-12/h1-10H,(H,18,19,22)/b14-10-. The summed E-state index contributed by atoms with van der Waals surface area (Å²) in [4.78, 5) is 24.2. The van der Waals surface area contributed by atoms with E-state index in [0.29, 0.717) is 20.5 Å². The van der Waals surface area contributed by atoms with E-state index >= 15 is 0 Å². The fourth-order valence-electron chi connectivity index (χ4n) is 1.98. The number of hydrogen-bond donors (Lipinski definition) is 1. The highest BCUT2D eigenvalue weighted by Crippen LogP contribution is 2.27. The third kappa shape index (κ3) is 3.85. The molecule has 1 amide bonds. The Hall–Kier alpha value is -2.44. The van der Waals surface area contributed by atoms with Crippen molar-refractivity contribution in [2.45, 2.75) is 0 Å². The SMILES string of the molecule is O=C1NC(=S)S/C1=C\c1cccc(OC(=O)c2ccccc2)c1. The second-order valence-electron chi connectivity index (χ2n) is 4.68. The number of carbonyl (C=O) groups is 2. The number of hydrogen-bond acceptors (Lipinski definition) is 5. The van der Waals surface area contributed by atoms with Gasteiger partial charge in [-0.1, -0.05) is 54.3 Å². The number of amides is 1. The van der Waals surface area contributed by atoms with Crippen LogP contribution in [0.4, 0.5) is 0 Å². The molecule has 0 radical (unpaired) electrons. The van der Waals surface area contributed by atoms with E-state index in [9.17, 15) is 9.59 Å². The third-order valence-corrected chi connectivity index (χ3v) is 4.18. The summed E-state index contributed by atoms with van der Waals surface area (Å²) in [7, 11) is 0. The highest BCUT2D eigenvalue weighted by molar-refractivity contribution is 8.26. The minimum atomic E-state index is -0.426. The lowest BCUT2D eigenvalue weighted by atomic mass is 10.2. The first-order valence-corrected chi connectivity index (χ1v) is 7.96. The van der Waals surface area contributed by atoms with Crippen LogP contribution in [0.15, 0.2) is 59.5 Å². The Morgan fingerprint density at radius 3 is 2.61 bits per heavy atom. The maximum Gasteiger partial charge on any atom is 0.343 e. The molecular weight excluding hydrogens is 330 g/mol. The Labute approximate surface area is 142 Å². The van der Waals surface area contributed by atoms with Gasteiger partial charge in [0, 0.05) is 0 Å². The Bertz CT molecular complexity index is 816. The van der Waals surface area contributed by atoms with Gasteiger partial charge < -0.3 is 10.1 Å². The van der Waals surface area contributed by atoms with Crippen LogP contribution >= 0.6 is 24.0 Å². The van der Waals surface area contributed by atoms with Crippen LogP contribution in [0.3, 0.4) is 0 Å². The summed E-state index contributed by atoms with van der Waals surface area (Å²) in [5, 5.41) is 2.56. The lowest BCUT2D eigenvalue weighted by Crippen LogP contribution is -2.17. The predicted octanol–water partition coefficient (Wildman–Crippen LogP) is 3.39. The number of ether oxygens (including phenoxy) is 1. The van der Waals surface area contributed by atoms with Gasteiger partial charge >= 0.3 is 5.97 Å². The molecule has 1 aliphatic heterocycles. The van der Waals surface area contributed by atoms with E-state index in [1.54, 1.807) is 48.5 Å². The predicted molar refractivity (Wildman–Crippen MR) is 94.2 cm³/mol. The first-order chi connectivity index (χ1) is 11.1. The maximum absolute atomic E-state index is 12.0. The van der Waals surface area contributed by atoms with Crippen molar-refractivity contribution in [2.75, 3.05) is 0 Å². The molecule has 1 fully saturated rings. The summed E-state index contributed by atoms with van der Waals surface area (Å²) < 4.78 is 5.79. The first-order valence-electron chi connectivity index (χ1n) is 6.74. The zero-order valence-corrected chi connectivity index (χ0v) is 13.4. The van der Waals surface area contributed by atoms with E-state index in [2.05, 4.69) is 5.32 Å². The molecule has 1 heterocycles. The third-order valence-electron chi connectivity index (χ3n) is 3.02. The summed E-state index contributed by atoms with van der Waals surface area (Å²) in [5.41, 5.74) is 1.23. The molecule has 2 aromatic rings. The average molecular weight is 341 g/mol. The summed E-state index contributed by atoms with van der Waals surface area (Å²) in [6.07, 6.45) is 1.71. The van der Waals surface area contributed by atoms with E-state index in [0.717, 1.165) is 5.56 Å². The summed E-state index contributed by atoms with van der Waals surface area (Å²) in [6, 6.07) is 15.7. The Balaban J connectivity index is 1.78. The van der Waals surface area contributed by atoms with E-state index in [4.69, 9.17) is 17.0 Å². The van der Waals surface area contributed by atoms with Crippen LogP contribution in [0, 0.1) is 0 Å². The van der Waals surface area contributed by atoms with Crippen molar-refractivity contribution < 1.29 is 14.3 Å². The molecule has 0 aliphatic carbocycles. The quantitative estimate of drug-likeness (QED) is 0.401. The van der Waals surface area contributed by atoms with Crippen LogP contribution < -0.4 is 10.1 Å². The molecule has 3 rings (SSSR count). The maximum atomic E-state index is 12.0. The van der Waals surface area contributed by atoms with Crippen molar-refractivity contribution in [1.82, 2.24) is 5.32 Å². The molecule has 114 valence electrons. The first kappa shape index (κ1) is 15.5. The number of nitrogens with one attached hydrogen (secondary N) is 1. The number of carbonyl (C=O) groups excluding carboxylic acids is 2. The topological polar surface area (TPSA) is 55.4 Å². The van der Waals surface area contributed by atoms with Crippen LogP contribution in [0.5, 0.6) is 5.75 Å². The van der Waals surface area contributed by atoms with Gasteiger partial charge in [0.2, 0.25) is 0 Å². The second kappa shape index (κ2) is 6.76. The normalized spacial score (nSPS) is 15.6. The van der Waals surface area contributed by atoms with Gasteiger partial charge in [0.15, 0.2) is 0 Å². The molecule has 0 saturated carbocycles. The molecule has 0 spiro atoms. The lowest BCUT2D eigenvalue weighted by Gasteiger charge is -2.05. The molecule has 4 nitrogen and oxygen atoms in total. The summed E-state index contributed by atoms with van der Waals surface area (Å²) in [6.45, 7) is 0. The van der Waals surface area contributed by atoms with Gasteiger partial charge in [-0.2, -0.15) is 0 Å². The van der Waals surface area contributed by atoms with Crippen molar-refractivity contribution >= 4 is 46.3 Å². The molecule has 0 atom stereocenters. The van der Waals surface area contributed by atoms with E-state index in [1.165, 1.54) is 11.8 Å². The monoisotopic (exact) mass is 341 g/mol. The van der Waals surface area contributed by atoms with Crippen molar-refractivity contribution in [3.63, 3.8) is 0 Å². The minimum Gasteiger partial charge on any atom is -0.423 e. The Morgan fingerprint density at radius 2 is 1.91 bits per heavy atom. The summed E-state index contributed by atoms with van der Waals surface area (Å²) in [5.74, 6) is -0.226. The molecule has 0 unspecified atom stereocenters. The fourth-order valence-corrected chi connectivity index (χ4v) is 3.02. The van der Waals surface area contributed by atoms with Crippen LogP contribution in [0.25, 0.3) is 6.08 Å². The van der Waals surface area contributed by atoms with Crippen LogP contribution in [0.2, 0.25) is 0 Å². The van der Waals surface area contributed by atoms with E-state index in [1.807, 2.05) is 12.1 Å². The largest absolute Gasteiger partial charge is 0.423 e. The van der Waals surface area contributed by atoms with Crippen molar-refractivity contribution in [3.05, 3.63) is 70.6 Å². The number of benzene rings is 2. The van der Waals surface area contributed by atoms with Gasteiger partial charge in [0.05, 0.1) is 10.5 Å². The van der Waals surface area contributed by atoms with Gasteiger partial charge in [0.25, 0.3) is 5.91 Å². The van der Waals surface area contributed by atoms with Crippen LogP contribution in [0.1, 0.15) is 15.9 Å². The van der Waals surface area contributed by atoms with Gasteiger partial charge in [0.1, 0.15) is 10.1 Å². The summed E-state index contributed by atoms with van der Waals surface area (Å²) >= 11 is 6.16. The second-order valence-corrected chi connectivity index (χ2v) is 6.40. The van der Waals surface area contributed by atoms with Gasteiger partial charge in [-0.25, -0.2) is 4.79 Å². The number of thiocarbonyl (C=S) groups is 1. The molecular formula is C17H11NO3S2. The van der Waals surface area contributed by atoms with Gasteiger partial charge in [-0.05, 0) is 35.9 Å². The van der Waals surface area contributed by atoms with Crippen molar-refractivity contribution in [1.29, 1.82) is 0 Å². The van der Waals surface area contributed by atoms with Gasteiger partial charge in [-0.3, -0.25) is 4.79 Å². The molecule has 6 heteroatoms. The molecule has 0 bridgehead atoms. The zero-order chi connectivity index (χ0) is 16.2. The highest BCUT2D eigenvalue weighted by Gasteiger charge is 2.21. The van der Waals surface area contributed by atoms with Crippen LogP contribution in [-0.4, -0.2) is 16.2 Å². The van der Waals surface area contributed by atoms with Crippen LogP contribution in [-0.2, 0) is 4.79 Å². The van der Waals surface area contributed by atoms with Crippen molar-refractivity contribution in [2.24, 2.45) is 0 Å². The van der Waals surface area contributed by atoms with E-state index < -0.39 is 5.97 Å². The zero-order valence-electron chi connectivity index (χ0n) is 11.8. The molecule has 1 saturated heterocycles. The number of thioether (sulfide) groups is 1. The Morgan fingerprint density at radius 1 is 1.13 bits per heavy atom.